The average molecular weight is 306 g/mol. The van der Waals surface area contributed by atoms with Crippen LogP contribution in [-0.4, -0.2) is 0 Å². The molecule has 0 fully saturated rings. The van der Waals surface area contributed by atoms with Crippen LogP contribution in [0, 0.1) is 17.1 Å². The van der Waals surface area contributed by atoms with Crippen LogP contribution >= 0.6 is 15.9 Å². The van der Waals surface area contributed by atoms with Crippen LogP contribution in [0.15, 0.2) is 46.9 Å². The van der Waals surface area contributed by atoms with Crippen molar-refractivity contribution in [3.8, 4) is 11.8 Å². The van der Waals surface area contributed by atoms with Gasteiger partial charge in [0, 0.05) is 10.0 Å². The van der Waals surface area contributed by atoms with E-state index in [9.17, 15) is 4.39 Å². The van der Waals surface area contributed by atoms with Crippen molar-refractivity contribution in [3.05, 3.63) is 63.9 Å². The first kappa shape index (κ1) is 12.6. The molecule has 0 spiro atoms. The van der Waals surface area contributed by atoms with Gasteiger partial charge in [-0.25, -0.2) is 4.39 Å². The number of hydrogen-bond acceptors (Lipinski definition) is 2. The molecular formula is C14H9BrFNO. The van der Waals surface area contributed by atoms with E-state index in [-0.39, 0.29) is 12.4 Å². The van der Waals surface area contributed by atoms with E-state index < -0.39 is 5.82 Å². The first-order valence-electron chi connectivity index (χ1n) is 5.26. The Hall–Kier alpha value is -1.86. The highest BCUT2D eigenvalue weighted by Crippen LogP contribution is 2.23. The van der Waals surface area contributed by atoms with Crippen LogP contribution in [0.2, 0.25) is 0 Å². The van der Waals surface area contributed by atoms with Crippen LogP contribution in [0.3, 0.4) is 0 Å². The molecule has 0 aromatic heterocycles. The smallest absolute Gasteiger partial charge is 0.165 e. The van der Waals surface area contributed by atoms with Gasteiger partial charge in [0.1, 0.15) is 6.61 Å². The van der Waals surface area contributed by atoms with E-state index in [1.54, 1.807) is 30.3 Å². The molecule has 2 nitrogen and oxygen atoms in total. The second-order valence-corrected chi connectivity index (χ2v) is 4.55. The molecule has 0 aliphatic heterocycles. The predicted molar refractivity (Wildman–Crippen MR) is 69.6 cm³/mol. The van der Waals surface area contributed by atoms with Gasteiger partial charge in [0.2, 0.25) is 0 Å². The number of benzene rings is 2. The molecule has 2 aromatic carbocycles. The lowest BCUT2D eigenvalue weighted by Gasteiger charge is -2.08. The third-order valence-electron chi connectivity index (χ3n) is 2.41. The van der Waals surface area contributed by atoms with Crippen LogP contribution in [0.1, 0.15) is 11.1 Å². The highest BCUT2D eigenvalue weighted by molar-refractivity contribution is 9.10. The summed E-state index contributed by atoms with van der Waals surface area (Å²) in [5.41, 5.74) is 1.27. The maximum absolute atomic E-state index is 13.4. The molecule has 2 aromatic rings. The van der Waals surface area contributed by atoms with Gasteiger partial charge in [-0.15, -0.1) is 0 Å². The number of nitrogens with zero attached hydrogens (tertiary/aromatic N) is 1. The van der Waals surface area contributed by atoms with Gasteiger partial charge >= 0.3 is 0 Å². The van der Waals surface area contributed by atoms with Gasteiger partial charge in [-0.2, -0.15) is 5.26 Å². The Balaban J connectivity index is 2.17. The molecule has 0 radical (unpaired) electrons. The summed E-state index contributed by atoms with van der Waals surface area (Å²) in [4.78, 5) is 0. The summed E-state index contributed by atoms with van der Waals surface area (Å²) in [6.07, 6.45) is 0. The monoisotopic (exact) mass is 305 g/mol. The minimum absolute atomic E-state index is 0.164. The van der Waals surface area contributed by atoms with E-state index in [0.29, 0.717) is 5.56 Å². The summed E-state index contributed by atoms with van der Waals surface area (Å²) >= 11 is 3.25. The lowest BCUT2D eigenvalue weighted by Crippen LogP contribution is -1.99. The van der Waals surface area contributed by atoms with Gasteiger partial charge in [-0.05, 0) is 24.3 Å². The van der Waals surface area contributed by atoms with E-state index >= 15 is 0 Å². The van der Waals surface area contributed by atoms with Gasteiger partial charge < -0.3 is 4.74 Å². The Morgan fingerprint density at radius 2 is 2.00 bits per heavy atom. The summed E-state index contributed by atoms with van der Waals surface area (Å²) in [6.45, 7) is 0.164. The van der Waals surface area contributed by atoms with Crippen LogP contribution in [0.25, 0.3) is 0 Å². The standard InChI is InChI=1S/C14H9BrFNO/c15-12-5-6-13(16)14(7-12)18-9-11-4-2-1-3-10(11)8-17/h1-7H,9H2. The third-order valence-corrected chi connectivity index (χ3v) is 2.91. The lowest BCUT2D eigenvalue weighted by atomic mass is 10.1. The van der Waals surface area contributed by atoms with E-state index in [2.05, 4.69) is 22.0 Å². The second kappa shape index (κ2) is 5.65. The molecule has 0 N–H and O–H groups in total. The van der Waals surface area contributed by atoms with Crippen LogP contribution in [0.5, 0.6) is 5.75 Å². The minimum atomic E-state index is -0.423. The van der Waals surface area contributed by atoms with Gasteiger partial charge in [0.25, 0.3) is 0 Å². The number of rotatable bonds is 3. The summed E-state index contributed by atoms with van der Waals surface area (Å²) in [5, 5.41) is 8.93. The Kier molecular flexibility index (Phi) is 3.96. The number of ether oxygens (including phenoxy) is 1. The number of halogens is 2. The van der Waals surface area contributed by atoms with E-state index in [4.69, 9.17) is 10.00 Å². The van der Waals surface area contributed by atoms with Crippen LogP contribution < -0.4 is 4.74 Å². The zero-order chi connectivity index (χ0) is 13.0. The maximum atomic E-state index is 13.4. The van der Waals surface area contributed by atoms with Crippen LogP contribution in [-0.2, 0) is 6.61 Å². The van der Waals surface area contributed by atoms with E-state index in [1.807, 2.05) is 6.07 Å². The van der Waals surface area contributed by atoms with Crippen molar-refractivity contribution in [1.82, 2.24) is 0 Å². The molecule has 0 heterocycles. The van der Waals surface area contributed by atoms with E-state index in [1.165, 1.54) is 6.07 Å². The minimum Gasteiger partial charge on any atom is -0.486 e. The highest BCUT2D eigenvalue weighted by atomic mass is 79.9. The van der Waals surface area contributed by atoms with Crippen molar-refractivity contribution < 1.29 is 9.13 Å². The van der Waals surface area contributed by atoms with E-state index in [0.717, 1.165) is 10.0 Å². The van der Waals surface area contributed by atoms with Gasteiger partial charge in [0.05, 0.1) is 11.6 Å². The fraction of sp³-hybridized carbons (Fsp3) is 0.0714. The van der Waals surface area contributed by atoms with Crippen molar-refractivity contribution >= 4 is 15.9 Å². The quantitative estimate of drug-likeness (QED) is 0.857. The fourth-order valence-electron chi connectivity index (χ4n) is 1.50. The molecule has 0 bridgehead atoms. The summed E-state index contributed by atoms with van der Waals surface area (Å²) in [6, 6.07) is 13.7. The molecule has 0 aliphatic carbocycles. The number of nitriles is 1. The lowest BCUT2D eigenvalue weighted by molar-refractivity contribution is 0.290. The summed E-state index contributed by atoms with van der Waals surface area (Å²) in [7, 11) is 0. The first-order valence-corrected chi connectivity index (χ1v) is 6.06. The largest absolute Gasteiger partial charge is 0.486 e. The topological polar surface area (TPSA) is 33.0 Å². The molecule has 0 saturated carbocycles. The first-order chi connectivity index (χ1) is 8.70. The Morgan fingerprint density at radius 3 is 2.78 bits per heavy atom. The number of hydrogen-bond donors (Lipinski definition) is 0. The van der Waals surface area contributed by atoms with Gasteiger partial charge in [0.15, 0.2) is 11.6 Å². The molecule has 0 atom stereocenters. The molecule has 18 heavy (non-hydrogen) atoms. The Labute approximate surface area is 113 Å². The SMILES string of the molecule is N#Cc1ccccc1COc1cc(Br)ccc1F. The van der Waals surface area contributed by atoms with Crippen molar-refractivity contribution in [2.75, 3.05) is 0 Å². The molecule has 2 rings (SSSR count). The average Bonchev–Trinajstić information content (AvgIpc) is 2.40. The maximum Gasteiger partial charge on any atom is 0.165 e. The second-order valence-electron chi connectivity index (χ2n) is 3.63. The molecule has 0 unspecified atom stereocenters. The summed E-state index contributed by atoms with van der Waals surface area (Å²) in [5.74, 6) is -0.259. The molecule has 4 heteroatoms. The Morgan fingerprint density at radius 1 is 1.22 bits per heavy atom. The van der Waals surface area contributed by atoms with Crippen molar-refractivity contribution in [1.29, 1.82) is 5.26 Å². The van der Waals surface area contributed by atoms with Crippen molar-refractivity contribution in [2.24, 2.45) is 0 Å². The third kappa shape index (κ3) is 2.88. The zero-order valence-corrected chi connectivity index (χ0v) is 10.9. The predicted octanol–water partition coefficient (Wildman–Crippen LogP) is 4.04. The molecule has 0 saturated heterocycles. The van der Waals surface area contributed by atoms with Gasteiger partial charge in [-0.3, -0.25) is 0 Å². The van der Waals surface area contributed by atoms with Crippen LogP contribution in [0.4, 0.5) is 4.39 Å². The zero-order valence-electron chi connectivity index (χ0n) is 9.36. The van der Waals surface area contributed by atoms with Gasteiger partial charge in [-0.1, -0.05) is 34.1 Å². The normalized spacial score (nSPS) is 9.83. The fourth-order valence-corrected chi connectivity index (χ4v) is 1.84. The molecule has 90 valence electrons. The van der Waals surface area contributed by atoms with Crippen molar-refractivity contribution in [2.45, 2.75) is 6.61 Å². The molecular weight excluding hydrogens is 297 g/mol. The van der Waals surface area contributed by atoms with Crippen molar-refractivity contribution in [3.63, 3.8) is 0 Å². The highest BCUT2D eigenvalue weighted by Gasteiger charge is 2.06. The summed E-state index contributed by atoms with van der Waals surface area (Å²) < 4.78 is 19.6. The molecule has 0 aliphatic rings. The molecule has 0 amide bonds. The Bertz CT molecular complexity index is 607.